The quantitative estimate of drug-likeness (QED) is 0.152. The fourth-order valence-corrected chi connectivity index (χ4v) is 6.08. The van der Waals surface area contributed by atoms with Crippen molar-refractivity contribution in [3.8, 4) is 22.6 Å². The van der Waals surface area contributed by atoms with E-state index in [4.69, 9.17) is 38.4 Å². The molecule has 4 rings (SSSR count). The fraction of sp³-hybridized carbons (Fsp3) is 0.192. The number of carbonyl (C=O) groups excluding carboxylic acids is 1. The minimum Gasteiger partial charge on any atom is -0.493 e. The van der Waals surface area contributed by atoms with Crippen molar-refractivity contribution in [2.45, 2.75) is 12.6 Å². The molecule has 3 aromatic rings. The molecule has 0 radical (unpaired) electrons. The molecule has 204 valence electrons. The van der Waals surface area contributed by atoms with Gasteiger partial charge in [0.15, 0.2) is 11.5 Å². The summed E-state index contributed by atoms with van der Waals surface area (Å²) in [6.45, 7) is 0.526. The molecule has 0 unspecified atom stereocenters. The number of carboxylic acids is 1. The Balaban J connectivity index is 1.39. The van der Waals surface area contributed by atoms with Crippen LogP contribution in [-0.4, -0.2) is 46.5 Å². The van der Waals surface area contributed by atoms with E-state index < -0.39 is 17.7 Å². The second kappa shape index (κ2) is 12.0. The van der Waals surface area contributed by atoms with Crippen molar-refractivity contribution in [1.82, 2.24) is 4.90 Å². The topological polar surface area (TPSA) is 76.1 Å². The summed E-state index contributed by atoms with van der Waals surface area (Å²) in [5.41, 5.74) is 0.0422. The predicted octanol–water partition coefficient (Wildman–Crippen LogP) is 7.46. The second-order valence-electron chi connectivity index (χ2n) is 8.14. The van der Waals surface area contributed by atoms with E-state index in [-0.39, 0.29) is 34.4 Å². The fourth-order valence-electron chi connectivity index (χ4n) is 3.64. The number of hydrogen-bond donors (Lipinski definition) is 1. The summed E-state index contributed by atoms with van der Waals surface area (Å²) in [7, 11) is 1.41. The maximum atomic E-state index is 13.1. The number of methoxy groups -OCH3 is 1. The first-order valence-electron chi connectivity index (χ1n) is 11.2. The summed E-state index contributed by atoms with van der Waals surface area (Å²) >= 11 is 13.9. The molecule has 13 heteroatoms. The highest BCUT2D eigenvalue weighted by Gasteiger charge is 2.32. The number of amides is 1. The van der Waals surface area contributed by atoms with Crippen molar-refractivity contribution in [3.63, 3.8) is 0 Å². The molecule has 1 N–H and O–H groups in total. The molecule has 0 spiro atoms. The van der Waals surface area contributed by atoms with Gasteiger partial charge >= 0.3 is 12.1 Å². The Morgan fingerprint density at radius 1 is 1.18 bits per heavy atom. The number of thiophene rings is 1. The molecule has 0 atom stereocenters. The second-order valence-corrected chi connectivity index (χ2v) is 11.2. The summed E-state index contributed by atoms with van der Waals surface area (Å²) in [6.07, 6.45) is -2.39. The van der Waals surface area contributed by atoms with Crippen LogP contribution in [0.15, 0.2) is 52.7 Å². The van der Waals surface area contributed by atoms with Gasteiger partial charge in [-0.15, -0.1) is 11.3 Å². The Kier molecular flexibility index (Phi) is 8.90. The first-order chi connectivity index (χ1) is 18.5. The molecule has 2 heterocycles. The third kappa shape index (κ3) is 6.75. The number of carbonyl (C=O) groups is 2. The van der Waals surface area contributed by atoms with E-state index in [0.717, 1.165) is 23.9 Å². The van der Waals surface area contributed by atoms with Gasteiger partial charge in [-0.2, -0.15) is 13.2 Å². The van der Waals surface area contributed by atoms with Crippen LogP contribution in [0.5, 0.6) is 11.5 Å². The summed E-state index contributed by atoms with van der Waals surface area (Å²) in [5.74, 6) is -0.701. The monoisotopic (exact) mass is 613 g/mol. The van der Waals surface area contributed by atoms with Gasteiger partial charge in [0, 0.05) is 22.0 Å². The lowest BCUT2D eigenvalue weighted by Crippen LogP contribution is -2.29. The molecule has 1 saturated heterocycles. The number of benzene rings is 2. The van der Waals surface area contributed by atoms with Crippen LogP contribution < -0.4 is 9.47 Å². The average molecular weight is 614 g/mol. The normalized spacial score (nSPS) is 14.8. The third-order valence-corrected chi connectivity index (χ3v) is 8.15. The van der Waals surface area contributed by atoms with Crippen LogP contribution in [0.1, 0.15) is 27.2 Å². The van der Waals surface area contributed by atoms with Gasteiger partial charge in [0.05, 0.1) is 29.7 Å². The van der Waals surface area contributed by atoms with Gasteiger partial charge in [-0.1, -0.05) is 35.6 Å². The van der Waals surface area contributed by atoms with Crippen molar-refractivity contribution in [3.05, 3.63) is 73.8 Å². The van der Waals surface area contributed by atoms with Crippen LogP contribution in [0.2, 0.25) is 5.02 Å². The van der Waals surface area contributed by atoms with Crippen LogP contribution in [0.3, 0.4) is 0 Å². The summed E-state index contributed by atoms with van der Waals surface area (Å²) < 4.78 is 50.7. The van der Waals surface area contributed by atoms with Crippen molar-refractivity contribution >= 4 is 69.2 Å². The zero-order valence-electron chi connectivity index (χ0n) is 20.1. The molecule has 0 saturated carbocycles. The first-order valence-corrected chi connectivity index (χ1v) is 13.7. The third-order valence-electron chi connectivity index (χ3n) is 5.57. The van der Waals surface area contributed by atoms with E-state index in [0.29, 0.717) is 38.4 Å². The number of carboxylic acid groups (broad SMARTS) is 1. The van der Waals surface area contributed by atoms with E-state index in [1.807, 2.05) is 0 Å². The largest absolute Gasteiger partial charge is 0.493 e. The number of hydrogen-bond acceptors (Lipinski definition) is 7. The van der Waals surface area contributed by atoms with Crippen LogP contribution in [0.4, 0.5) is 13.2 Å². The first kappa shape index (κ1) is 28.9. The van der Waals surface area contributed by atoms with Gasteiger partial charge in [0.2, 0.25) is 0 Å². The Bertz CT molecular complexity index is 1470. The Morgan fingerprint density at radius 3 is 2.64 bits per heavy atom. The van der Waals surface area contributed by atoms with Gasteiger partial charge in [-0.05, 0) is 65.9 Å². The van der Waals surface area contributed by atoms with E-state index >= 15 is 0 Å². The molecule has 2 aromatic carbocycles. The van der Waals surface area contributed by atoms with E-state index in [2.05, 4.69) is 0 Å². The van der Waals surface area contributed by atoms with Crippen LogP contribution >= 0.6 is 46.9 Å². The summed E-state index contributed by atoms with van der Waals surface area (Å²) in [4.78, 5) is 26.6. The maximum Gasteiger partial charge on any atom is 0.416 e. The number of alkyl halides is 3. The van der Waals surface area contributed by atoms with Gasteiger partial charge in [-0.25, -0.2) is 4.79 Å². The van der Waals surface area contributed by atoms with Gasteiger partial charge in [-0.3, -0.25) is 9.69 Å². The van der Waals surface area contributed by atoms with Crippen molar-refractivity contribution in [2.75, 3.05) is 20.3 Å². The molecule has 39 heavy (non-hydrogen) atoms. The highest BCUT2D eigenvalue weighted by Crippen LogP contribution is 2.39. The highest BCUT2D eigenvalue weighted by atomic mass is 35.5. The molecule has 1 fully saturated rings. The lowest BCUT2D eigenvalue weighted by molar-refractivity contribution is -0.137. The van der Waals surface area contributed by atoms with Gasteiger partial charge < -0.3 is 14.6 Å². The lowest BCUT2D eigenvalue weighted by Gasteiger charge is -2.15. The molecule has 1 aromatic heterocycles. The molecular formula is C26H19ClF3NO5S3. The minimum absolute atomic E-state index is 0.0688. The average Bonchev–Trinajstić information content (AvgIpc) is 3.45. The molecule has 6 nitrogen and oxygen atoms in total. The minimum atomic E-state index is -4.49. The number of thiocarbonyl (C=S) groups is 1. The SMILES string of the molecule is COc1cc(C(=O)O)ccc1OCCCN1C(=O)/C(=C/c2cc(-c3cc(C(F)(F)F)ccc3Cl)cs2)SC1=S. The molecule has 0 bridgehead atoms. The highest BCUT2D eigenvalue weighted by molar-refractivity contribution is 8.26. The number of aromatic carboxylic acids is 1. The molecule has 0 aliphatic carbocycles. The number of ether oxygens (including phenoxy) is 2. The van der Waals surface area contributed by atoms with E-state index in [1.54, 1.807) is 17.5 Å². The smallest absolute Gasteiger partial charge is 0.416 e. The van der Waals surface area contributed by atoms with Crippen molar-refractivity contribution in [2.24, 2.45) is 0 Å². The Morgan fingerprint density at radius 2 is 1.95 bits per heavy atom. The summed E-state index contributed by atoms with van der Waals surface area (Å²) in [5, 5.41) is 11.0. The number of nitrogens with zero attached hydrogens (tertiary/aromatic N) is 1. The number of rotatable bonds is 9. The number of thioether (sulfide) groups is 1. The van der Waals surface area contributed by atoms with Crippen molar-refractivity contribution < 1.29 is 37.3 Å². The predicted molar refractivity (Wildman–Crippen MR) is 150 cm³/mol. The molecule has 1 amide bonds. The maximum absolute atomic E-state index is 13.1. The van der Waals surface area contributed by atoms with E-state index in [1.165, 1.54) is 47.6 Å². The number of halogens is 4. The van der Waals surface area contributed by atoms with Crippen LogP contribution in [0, 0.1) is 0 Å². The Hall–Kier alpha value is -3.06. The zero-order valence-corrected chi connectivity index (χ0v) is 23.3. The van der Waals surface area contributed by atoms with Crippen molar-refractivity contribution in [1.29, 1.82) is 0 Å². The molecule has 1 aliphatic rings. The van der Waals surface area contributed by atoms with Crippen LogP contribution in [-0.2, 0) is 11.0 Å². The molecule has 1 aliphatic heterocycles. The molecular weight excluding hydrogens is 595 g/mol. The standard InChI is InChI=1S/C26H19ClF3NO5S3/c1-35-21-10-14(24(33)34)3-6-20(21)36-8-2-7-31-23(32)22(39-25(31)37)12-17-9-15(13-38-17)18-11-16(26(28,29)30)4-5-19(18)27/h3-6,9-13H,2,7-8H2,1H3,(H,33,34)/b22-12-. The lowest BCUT2D eigenvalue weighted by atomic mass is 10.1. The van der Waals surface area contributed by atoms with Gasteiger partial charge in [0.1, 0.15) is 4.32 Å². The zero-order chi connectivity index (χ0) is 28.3. The van der Waals surface area contributed by atoms with Gasteiger partial charge in [0.25, 0.3) is 5.91 Å². The summed E-state index contributed by atoms with van der Waals surface area (Å²) in [6, 6.07) is 9.10. The van der Waals surface area contributed by atoms with E-state index in [9.17, 15) is 22.8 Å². The Labute approximate surface area is 240 Å². The van der Waals surface area contributed by atoms with Crippen LogP contribution in [0.25, 0.3) is 17.2 Å².